The third-order valence-corrected chi connectivity index (χ3v) is 7.48. The lowest BCUT2D eigenvalue weighted by molar-refractivity contribution is -0.136. The van der Waals surface area contributed by atoms with Gasteiger partial charge in [0.1, 0.15) is 17.2 Å². The number of nitrogens with zero attached hydrogens (tertiary/aromatic N) is 3. The Morgan fingerprint density at radius 2 is 1.16 bits per heavy atom. The van der Waals surface area contributed by atoms with Gasteiger partial charge in [-0.3, -0.25) is 9.59 Å². The van der Waals surface area contributed by atoms with Crippen LogP contribution in [-0.2, 0) is 9.59 Å². The molecule has 0 spiro atoms. The van der Waals surface area contributed by atoms with E-state index in [9.17, 15) is 9.59 Å². The molecule has 198 valence electrons. The van der Waals surface area contributed by atoms with Crippen molar-refractivity contribution >= 4 is 23.2 Å². The Labute approximate surface area is 223 Å². The Kier molecular flexibility index (Phi) is 7.40. The highest BCUT2D eigenvalue weighted by Crippen LogP contribution is 2.43. The van der Waals surface area contributed by atoms with E-state index in [0.717, 1.165) is 41.5 Å². The van der Waals surface area contributed by atoms with E-state index in [1.54, 1.807) is 26.2 Å². The molecule has 8 heteroatoms. The summed E-state index contributed by atoms with van der Waals surface area (Å²) in [5, 5.41) is 0. The van der Waals surface area contributed by atoms with Crippen LogP contribution in [0.1, 0.15) is 18.0 Å². The smallest absolute Gasteiger partial charge is 0.228 e. The third kappa shape index (κ3) is 4.98. The van der Waals surface area contributed by atoms with Gasteiger partial charge in [-0.05, 0) is 66.2 Å². The summed E-state index contributed by atoms with van der Waals surface area (Å²) in [7, 11) is 4.89. The van der Waals surface area contributed by atoms with E-state index in [0.29, 0.717) is 18.8 Å². The first kappa shape index (κ1) is 25.4. The molecule has 2 saturated heterocycles. The lowest BCUT2D eigenvalue weighted by Crippen LogP contribution is -2.51. The highest BCUT2D eigenvalue weighted by atomic mass is 16.5. The molecular formula is C30H33N3O5. The lowest BCUT2D eigenvalue weighted by Gasteiger charge is -2.38. The number of rotatable bonds is 7. The van der Waals surface area contributed by atoms with Crippen LogP contribution in [0.3, 0.4) is 0 Å². The maximum atomic E-state index is 13.9. The number of amides is 2. The Hall–Kier alpha value is -4.20. The van der Waals surface area contributed by atoms with E-state index in [2.05, 4.69) is 4.90 Å². The summed E-state index contributed by atoms with van der Waals surface area (Å²) in [6.45, 7) is 2.67. The van der Waals surface area contributed by atoms with E-state index in [-0.39, 0.29) is 18.2 Å². The van der Waals surface area contributed by atoms with Crippen molar-refractivity contribution in [1.82, 2.24) is 4.90 Å². The largest absolute Gasteiger partial charge is 0.497 e. The van der Waals surface area contributed by atoms with Crippen molar-refractivity contribution in [3.8, 4) is 17.2 Å². The number of methoxy groups -OCH3 is 3. The van der Waals surface area contributed by atoms with Gasteiger partial charge >= 0.3 is 0 Å². The van der Waals surface area contributed by atoms with Gasteiger partial charge in [-0.1, -0.05) is 12.1 Å². The molecule has 0 aliphatic carbocycles. The fourth-order valence-electron chi connectivity index (χ4n) is 5.40. The molecule has 0 saturated carbocycles. The normalized spacial score (nSPS) is 19.4. The summed E-state index contributed by atoms with van der Waals surface area (Å²) < 4.78 is 15.9. The number of anilines is 2. The number of carbonyl (C=O) groups is 2. The van der Waals surface area contributed by atoms with Crippen LogP contribution in [0.5, 0.6) is 17.2 Å². The molecule has 2 aliphatic rings. The van der Waals surface area contributed by atoms with Crippen LogP contribution in [0, 0.1) is 5.92 Å². The number of benzene rings is 3. The van der Waals surface area contributed by atoms with Crippen LogP contribution in [0.4, 0.5) is 11.4 Å². The van der Waals surface area contributed by atoms with Crippen LogP contribution in [-0.4, -0.2) is 64.2 Å². The maximum absolute atomic E-state index is 13.9. The second-order valence-electron chi connectivity index (χ2n) is 9.50. The number of ether oxygens (including phenoxy) is 3. The summed E-state index contributed by atoms with van der Waals surface area (Å²) in [6.07, 6.45) is 0.167. The summed E-state index contributed by atoms with van der Waals surface area (Å²) >= 11 is 0. The first-order valence-electron chi connectivity index (χ1n) is 12.8. The number of hydrogen-bond acceptors (Lipinski definition) is 6. The minimum Gasteiger partial charge on any atom is -0.497 e. The Morgan fingerprint density at radius 1 is 0.684 bits per heavy atom. The van der Waals surface area contributed by atoms with Gasteiger partial charge < -0.3 is 28.9 Å². The standard InChI is InChI=1S/C30H33N3O5/c1-36-24-10-4-21(5-11-24)29-27(20-28(34)33(29)23-8-14-26(38-3)15-9-23)30(35)32-18-16-31(17-19-32)22-6-12-25(37-2)13-7-22/h4-15,27,29H,16-20H2,1-3H3/t27-,29-/m0/s1. The molecule has 0 unspecified atom stereocenters. The molecule has 2 atom stereocenters. The van der Waals surface area contributed by atoms with Gasteiger partial charge in [0.25, 0.3) is 0 Å². The van der Waals surface area contributed by atoms with Crippen molar-refractivity contribution in [3.63, 3.8) is 0 Å². The highest BCUT2D eigenvalue weighted by Gasteiger charge is 2.46. The average molecular weight is 516 g/mol. The number of carbonyl (C=O) groups excluding carboxylic acids is 2. The molecule has 0 aromatic heterocycles. The molecule has 2 heterocycles. The zero-order valence-corrected chi connectivity index (χ0v) is 22.0. The Balaban J connectivity index is 1.37. The molecule has 8 nitrogen and oxygen atoms in total. The van der Waals surface area contributed by atoms with Gasteiger partial charge in [0.2, 0.25) is 11.8 Å². The predicted molar refractivity (Wildman–Crippen MR) is 146 cm³/mol. The fourth-order valence-corrected chi connectivity index (χ4v) is 5.40. The summed E-state index contributed by atoms with van der Waals surface area (Å²) in [5.74, 6) is 1.73. The van der Waals surface area contributed by atoms with Crippen molar-refractivity contribution in [2.45, 2.75) is 12.5 Å². The van der Waals surface area contributed by atoms with Gasteiger partial charge in [-0.2, -0.15) is 0 Å². The van der Waals surface area contributed by atoms with E-state index in [1.165, 1.54) is 0 Å². The zero-order chi connectivity index (χ0) is 26.6. The molecule has 2 amide bonds. The molecular weight excluding hydrogens is 482 g/mol. The van der Waals surface area contributed by atoms with Crippen LogP contribution < -0.4 is 24.0 Å². The van der Waals surface area contributed by atoms with E-state index in [1.807, 2.05) is 77.7 Å². The quantitative estimate of drug-likeness (QED) is 0.471. The van der Waals surface area contributed by atoms with Crippen molar-refractivity contribution < 1.29 is 23.8 Å². The fraction of sp³-hybridized carbons (Fsp3) is 0.333. The average Bonchev–Trinajstić information content (AvgIpc) is 3.33. The highest BCUT2D eigenvalue weighted by molar-refractivity contribution is 6.01. The topological polar surface area (TPSA) is 71.6 Å². The second-order valence-corrected chi connectivity index (χ2v) is 9.50. The van der Waals surface area contributed by atoms with Crippen LogP contribution in [0.15, 0.2) is 72.8 Å². The molecule has 3 aromatic carbocycles. The van der Waals surface area contributed by atoms with Crippen molar-refractivity contribution in [1.29, 1.82) is 0 Å². The molecule has 5 rings (SSSR count). The predicted octanol–water partition coefficient (Wildman–Crippen LogP) is 4.16. The van der Waals surface area contributed by atoms with Crippen molar-refractivity contribution in [2.75, 3.05) is 57.3 Å². The van der Waals surface area contributed by atoms with Gasteiger partial charge in [0, 0.05) is 44.0 Å². The Bertz CT molecular complexity index is 1250. The van der Waals surface area contributed by atoms with Crippen LogP contribution in [0.25, 0.3) is 0 Å². The number of hydrogen-bond donors (Lipinski definition) is 0. The van der Waals surface area contributed by atoms with Gasteiger partial charge in [0.15, 0.2) is 0 Å². The minimum absolute atomic E-state index is 0.0181. The summed E-state index contributed by atoms with van der Waals surface area (Å²) in [6, 6.07) is 22.6. The zero-order valence-electron chi connectivity index (χ0n) is 22.0. The van der Waals surface area contributed by atoms with Gasteiger partial charge in [-0.25, -0.2) is 0 Å². The van der Waals surface area contributed by atoms with E-state index in [4.69, 9.17) is 14.2 Å². The maximum Gasteiger partial charge on any atom is 0.228 e. The minimum atomic E-state index is -0.481. The monoisotopic (exact) mass is 515 g/mol. The second kappa shape index (κ2) is 11.0. The molecule has 0 N–H and O–H groups in total. The van der Waals surface area contributed by atoms with Crippen molar-refractivity contribution in [3.05, 3.63) is 78.4 Å². The molecule has 0 radical (unpaired) electrons. The molecule has 0 bridgehead atoms. The van der Waals surface area contributed by atoms with Crippen molar-refractivity contribution in [2.24, 2.45) is 5.92 Å². The first-order chi connectivity index (χ1) is 18.5. The first-order valence-corrected chi connectivity index (χ1v) is 12.8. The van der Waals surface area contributed by atoms with E-state index >= 15 is 0 Å². The van der Waals surface area contributed by atoms with Gasteiger partial charge in [-0.15, -0.1) is 0 Å². The van der Waals surface area contributed by atoms with E-state index < -0.39 is 12.0 Å². The van der Waals surface area contributed by atoms with Crippen LogP contribution in [0.2, 0.25) is 0 Å². The van der Waals surface area contributed by atoms with Gasteiger partial charge in [0.05, 0.1) is 33.3 Å². The molecule has 2 aliphatic heterocycles. The SMILES string of the molecule is COc1ccc([C@H]2[C@@H](C(=O)N3CCN(c4ccc(OC)cc4)CC3)CC(=O)N2c2ccc(OC)cc2)cc1. The molecule has 38 heavy (non-hydrogen) atoms. The number of piperazine rings is 1. The summed E-state index contributed by atoms with van der Waals surface area (Å²) in [4.78, 5) is 33.3. The summed E-state index contributed by atoms with van der Waals surface area (Å²) in [5.41, 5.74) is 2.76. The molecule has 2 fully saturated rings. The Morgan fingerprint density at radius 3 is 1.66 bits per heavy atom. The lowest BCUT2D eigenvalue weighted by atomic mass is 9.91. The van der Waals surface area contributed by atoms with Crippen LogP contribution >= 0.6 is 0 Å². The third-order valence-electron chi connectivity index (χ3n) is 7.48. The molecule has 3 aromatic rings.